The molecule has 0 radical (unpaired) electrons. The van der Waals surface area contributed by atoms with Crippen LogP contribution >= 0.6 is 11.8 Å². The molecule has 2 aliphatic rings. The maximum atomic E-state index is 13.4. The summed E-state index contributed by atoms with van der Waals surface area (Å²) in [5.74, 6) is -1.26. The van der Waals surface area contributed by atoms with Gasteiger partial charge >= 0.3 is 0 Å². The summed E-state index contributed by atoms with van der Waals surface area (Å²) < 4.78 is 26.8. The summed E-state index contributed by atoms with van der Waals surface area (Å²) in [6, 6.07) is 10.2. The molecule has 0 spiro atoms. The van der Waals surface area contributed by atoms with Crippen molar-refractivity contribution >= 4 is 17.7 Å². The van der Waals surface area contributed by atoms with Crippen LogP contribution in [-0.4, -0.2) is 34.0 Å². The van der Waals surface area contributed by atoms with Crippen molar-refractivity contribution in [3.63, 3.8) is 0 Å². The summed E-state index contributed by atoms with van der Waals surface area (Å²) in [7, 11) is 0. The number of halogens is 2. The van der Waals surface area contributed by atoms with Crippen molar-refractivity contribution < 1.29 is 13.6 Å². The van der Waals surface area contributed by atoms with Gasteiger partial charge in [-0.25, -0.2) is 8.78 Å². The number of hydrogen-bond donors (Lipinski definition) is 1. The van der Waals surface area contributed by atoms with Gasteiger partial charge in [0.05, 0.1) is 11.3 Å². The monoisotopic (exact) mass is 445 g/mol. The molecule has 2 heterocycles. The fourth-order valence-electron chi connectivity index (χ4n) is 4.38. The number of rotatable bonds is 7. The van der Waals surface area contributed by atoms with Crippen molar-refractivity contribution in [2.24, 2.45) is 5.92 Å². The van der Waals surface area contributed by atoms with Crippen LogP contribution in [0.5, 0.6) is 0 Å². The largest absolute Gasteiger partial charge is 0.348 e. The molecule has 1 aliphatic heterocycles. The number of carbonyl (C=O) groups excluding carboxylic acids is 1. The molecule has 4 nitrogen and oxygen atoms in total. The Kier molecular flexibility index (Phi) is 6.92. The smallest absolute Gasteiger partial charge is 0.253 e. The van der Waals surface area contributed by atoms with Gasteiger partial charge in [0.25, 0.3) is 5.91 Å². The zero-order valence-corrected chi connectivity index (χ0v) is 18.7. The number of carbonyl (C=O) groups is 1. The van der Waals surface area contributed by atoms with Crippen molar-refractivity contribution in [2.75, 3.05) is 12.3 Å². The maximum Gasteiger partial charge on any atom is 0.253 e. The molecule has 1 saturated carbocycles. The zero-order valence-electron chi connectivity index (χ0n) is 17.9. The first-order chi connectivity index (χ1) is 14.9. The molecule has 0 unspecified atom stereocenters. The van der Waals surface area contributed by atoms with Gasteiger partial charge in [-0.05, 0) is 53.8 Å². The molecule has 31 heavy (non-hydrogen) atoms. The summed E-state index contributed by atoms with van der Waals surface area (Å²) in [5.41, 5.74) is 3.68. The molecule has 1 amide bonds. The standard InChI is InChI=1S/C24H29F2N3OS/c1-2-31-21-5-3-17(4-6-21)12-28-23(30)19-11-20-15-29(16-22(20)27-13-19)14-18-7-9-24(25,26)10-8-18/h3-6,11,13,18H,2,7-10,12,14-16H2,1H3,(H,28,30). The number of thioether (sulfide) groups is 1. The van der Waals surface area contributed by atoms with E-state index < -0.39 is 5.92 Å². The van der Waals surface area contributed by atoms with E-state index in [1.807, 2.05) is 18.2 Å². The highest BCUT2D eigenvalue weighted by Crippen LogP contribution is 2.37. The Morgan fingerprint density at radius 2 is 1.97 bits per heavy atom. The van der Waals surface area contributed by atoms with Crippen molar-refractivity contribution in [3.05, 3.63) is 58.9 Å². The average molecular weight is 446 g/mol. The molecule has 1 fully saturated rings. The Bertz CT molecular complexity index is 910. The molecule has 1 N–H and O–H groups in total. The predicted molar refractivity (Wildman–Crippen MR) is 119 cm³/mol. The Labute approximate surface area is 186 Å². The molecular formula is C24H29F2N3OS. The minimum absolute atomic E-state index is 0.00118. The Hall–Kier alpha value is -1.99. The number of nitrogens with zero attached hydrogens (tertiary/aromatic N) is 2. The minimum Gasteiger partial charge on any atom is -0.348 e. The quantitative estimate of drug-likeness (QED) is 0.590. The van der Waals surface area contributed by atoms with Crippen LogP contribution in [0.3, 0.4) is 0 Å². The summed E-state index contributed by atoms with van der Waals surface area (Å²) in [6.07, 6.45) is 2.81. The number of pyridine rings is 1. The van der Waals surface area contributed by atoms with Gasteiger partial charge in [-0.2, -0.15) is 0 Å². The molecule has 0 bridgehead atoms. The van der Waals surface area contributed by atoms with E-state index in [0.717, 1.165) is 42.2 Å². The normalized spacial score (nSPS) is 18.7. The number of aromatic nitrogens is 1. The van der Waals surface area contributed by atoms with Gasteiger partial charge in [0.15, 0.2) is 0 Å². The average Bonchev–Trinajstić information content (AvgIpc) is 3.16. The summed E-state index contributed by atoms with van der Waals surface area (Å²) in [6.45, 7) is 4.88. The fourth-order valence-corrected chi connectivity index (χ4v) is 5.04. The molecule has 7 heteroatoms. The predicted octanol–water partition coefficient (Wildman–Crippen LogP) is 5.26. The summed E-state index contributed by atoms with van der Waals surface area (Å²) in [5, 5.41) is 2.97. The van der Waals surface area contributed by atoms with E-state index >= 15 is 0 Å². The van der Waals surface area contributed by atoms with E-state index in [1.165, 1.54) is 4.90 Å². The molecule has 4 rings (SSSR count). The third-order valence-electron chi connectivity index (χ3n) is 6.13. The van der Waals surface area contributed by atoms with Gasteiger partial charge in [-0.3, -0.25) is 14.7 Å². The number of amides is 1. The number of hydrogen-bond acceptors (Lipinski definition) is 4. The molecule has 0 atom stereocenters. The van der Waals surface area contributed by atoms with Gasteiger partial charge < -0.3 is 5.32 Å². The van der Waals surface area contributed by atoms with Gasteiger partial charge in [0.2, 0.25) is 5.92 Å². The van der Waals surface area contributed by atoms with E-state index in [9.17, 15) is 13.6 Å². The second-order valence-electron chi connectivity index (χ2n) is 8.56. The van der Waals surface area contributed by atoms with Crippen LogP contribution in [-0.2, 0) is 19.6 Å². The van der Waals surface area contributed by atoms with Gasteiger partial charge in [0.1, 0.15) is 0 Å². The van der Waals surface area contributed by atoms with E-state index in [2.05, 4.69) is 34.3 Å². The Balaban J connectivity index is 1.29. The first-order valence-corrected chi connectivity index (χ1v) is 12.0. The van der Waals surface area contributed by atoms with Crippen LogP contribution in [0.1, 0.15) is 59.8 Å². The van der Waals surface area contributed by atoms with Crippen LogP contribution in [0, 0.1) is 5.92 Å². The summed E-state index contributed by atoms with van der Waals surface area (Å²) in [4.78, 5) is 20.6. The van der Waals surface area contributed by atoms with E-state index in [0.29, 0.717) is 30.9 Å². The fraction of sp³-hybridized carbons (Fsp3) is 0.500. The molecule has 2 aromatic rings. The third kappa shape index (κ3) is 5.83. The lowest BCUT2D eigenvalue weighted by atomic mass is 9.86. The lowest BCUT2D eigenvalue weighted by molar-refractivity contribution is -0.0490. The molecular weight excluding hydrogens is 416 g/mol. The lowest BCUT2D eigenvalue weighted by Gasteiger charge is -2.30. The zero-order chi connectivity index (χ0) is 21.8. The number of benzene rings is 1. The molecule has 0 saturated heterocycles. The lowest BCUT2D eigenvalue weighted by Crippen LogP contribution is -2.31. The Morgan fingerprint density at radius 3 is 2.68 bits per heavy atom. The van der Waals surface area contributed by atoms with E-state index in [-0.39, 0.29) is 18.7 Å². The van der Waals surface area contributed by atoms with Crippen LogP contribution in [0.4, 0.5) is 8.78 Å². The molecule has 1 aromatic carbocycles. The molecule has 1 aliphatic carbocycles. The van der Waals surface area contributed by atoms with Crippen molar-refractivity contribution in [1.82, 2.24) is 15.2 Å². The van der Waals surface area contributed by atoms with Crippen molar-refractivity contribution in [3.8, 4) is 0 Å². The van der Waals surface area contributed by atoms with Crippen LogP contribution < -0.4 is 5.32 Å². The first-order valence-electron chi connectivity index (χ1n) is 11.0. The van der Waals surface area contributed by atoms with Crippen LogP contribution in [0.15, 0.2) is 41.4 Å². The summed E-state index contributed by atoms with van der Waals surface area (Å²) >= 11 is 1.79. The molecule has 1 aromatic heterocycles. The Morgan fingerprint density at radius 1 is 1.23 bits per heavy atom. The third-order valence-corrected chi connectivity index (χ3v) is 7.02. The van der Waals surface area contributed by atoms with Gasteiger partial charge in [-0.1, -0.05) is 19.1 Å². The highest BCUT2D eigenvalue weighted by Gasteiger charge is 2.36. The topological polar surface area (TPSA) is 45.2 Å². The maximum absolute atomic E-state index is 13.4. The second-order valence-corrected chi connectivity index (χ2v) is 9.90. The minimum atomic E-state index is -2.48. The number of alkyl halides is 2. The number of fused-ring (bicyclic) bond motifs is 1. The van der Waals surface area contributed by atoms with Gasteiger partial charge in [0, 0.05) is 50.1 Å². The molecule has 166 valence electrons. The first kappa shape index (κ1) is 22.2. The highest BCUT2D eigenvalue weighted by molar-refractivity contribution is 7.99. The van der Waals surface area contributed by atoms with Crippen molar-refractivity contribution in [2.45, 2.75) is 63.1 Å². The van der Waals surface area contributed by atoms with Crippen LogP contribution in [0.25, 0.3) is 0 Å². The number of nitrogens with one attached hydrogen (secondary N) is 1. The van der Waals surface area contributed by atoms with Crippen LogP contribution in [0.2, 0.25) is 0 Å². The van der Waals surface area contributed by atoms with E-state index in [4.69, 9.17) is 0 Å². The van der Waals surface area contributed by atoms with E-state index in [1.54, 1.807) is 18.0 Å². The SMILES string of the molecule is CCSc1ccc(CNC(=O)c2cnc3c(c2)CN(CC2CCC(F)(F)CC2)C3)cc1. The van der Waals surface area contributed by atoms with Gasteiger partial charge in [-0.15, -0.1) is 11.8 Å². The highest BCUT2D eigenvalue weighted by atomic mass is 32.2. The second kappa shape index (κ2) is 9.65. The van der Waals surface area contributed by atoms with Crippen molar-refractivity contribution in [1.29, 1.82) is 0 Å².